The molecule has 0 spiro atoms. The molecule has 0 fully saturated rings. The molecule has 0 bridgehead atoms. The number of hydrogen-bond acceptors (Lipinski definition) is 4. The van der Waals surface area contributed by atoms with Crippen LogP contribution in [0.5, 0.6) is 0 Å². The number of hydrogen-bond donors (Lipinski definition) is 0. The van der Waals surface area contributed by atoms with Gasteiger partial charge in [0.05, 0.1) is 19.1 Å². The van der Waals surface area contributed by atoms with E-state index in [1.165, 1.54) is 44.9 Å². The average molecular weight is 427 g/mol. The van der Waals surface area contributed by atoms with Gasteiger partial charge in [-0.1, -0.05) is 92.4 Å². The van der Waals surface area contributed by atoms with E-state index in [4.69, 9.17) is 9.47 Å². The number of ether oxygens (including phenoxy) is 2. The molecule has 0 saturated carbocycles. The lowest BCUT2D eigenvalue weighted by Gasteiger charge is -2.12. The Morgan fingerprint density at radius 1 is 0.567 bits per heavy atom. The molecular weight excluding hydrogens is 376 g/mol. The summed E-state index contributed by atoms with van der Waals surface area (Å²) in [5.74, 6) is 1.14. The predicted molar refractivity (Wildman–Crippen MR) is 125 cm³/mol. The Balaban J connectivity index is 3.34. The lowest BCUT2D eigenvalue weighted by Crippen LogP contribution is -2.16. The highest BCUT2D eigenvalue weighted by Gasteiger charge is 2.13. The Morgan fingerprint density at radius 2 is 1.00 bits per heavy atom. The quantitative estimate of drug-likeness (QED) is 0.149. The Hall–Kier alpha value is -1.06. The molecule has 0 saturated heterocycles. The van der Waals surface area contributed by atoms with E-state index < -0.39 is 0 Å². The summed E-state index contributed by atoms with van der Waals surface area (Å²) in [5, 5.41) is 0. The summed E-state index contributed by atoms with van der Waals surface area (Å²) >= 11 is 0. The molecule has 0 aliphatic heterocycles. The van der Waals surface area contributed by atoms with Gasteiger partial charge in [-0.15, -0.1) is 0 Å². The number of esters is 2. The van der Waals surface area contributed by atoms with Crippen LogP contribution in [0, 0.1) is 17.8 Å². The van der Waals surface area contributed by atoms with Crippen molar-refractivity contribution >= 4 is 11.9 Å². The highest BCUT2D eigenvalue weighted by Crippen LogP contribution is 2.15. The molecular formula is C26H50O4. The topological polar surface area (TPSA) is 52.6 Å². The van der Waals surface area contributed by atoms with Crippen LogP contribution >= 0.6 is 0 Å². The van der Waals surface area contributed by atoms with E-state index in [9.17, 15) is 9.59 Å². The first-order valence-electron chi connectivity index (χ1n) is 12.6. The second kappa shape index (κ2) is 19.9. The molecule has 0 heterocycles. The van der Waals surface area contributed by atoms with Crippen molar-refractivity contribution in [2.45, 2.75) is 125 Å². The minimum absolute atomic E-state index is 0.0283. The summed E-state index contributed by atoms with van der Waals surface area (Å²) in [4.78, 5) is 23.5. The third-order valence-electron chi connectivity index (χ3n) is 5.57. The zero-order chi connectivity index (χ0) is 22.6. The van der Waals surface area contributed by atoms with E-state index in [2.05, 4.69) is 27.7 Å². The maximum absolute atomic E-state index is 11.9. The molecule has 0 aromatic carbocycles. The minimum Gasteiger partial charge on any atom is -0.466 e. The van der Waals surface area contributed by atoms with Crippen LogP contribution in [0.3, 0.4) is 0 Å². The number of carbonyl (C=O) groups is 2. The van der Waals surface area contributed by atoms with Gasteiger partial charge >= 0.3 is 11.9 Å². The fraction of sp³-hybridized carbons (Fsp3) is 0.923. The SMILES string of the molecule is CC(C)CCOC(=O)CCCCCCCCCCCCC(C)C(=O)OCCC(C)C. The maximum atomic E-state index is 11.9. The molecule has 4 nitrogen and oxygen atoms in total. The summed E-state index contributed by atoms with van der Waals surface area (Å²) in [7, 11) is 0. The van der Waals surface area contributed by atoms with Crippen LogP contribution in [0.2, 0.25) is 0 Å². The van der Waals surface area contributed by atoms with Crippen molar-refractivity contribution in [1.82, 2.24) is 0 Å². The van der Waals surface area contributed by atoms with Crippen LogP contribution in [-0.4, -0.2) is 25.2 Å². The van der Waals surface area contributed by atoms with E-state index in [0.717, 1.165) is 38.5 Å². The Bertz CT molecular complexity index is 417. The minimum atomic E-state index is -0.0335. The van der Waals surface area contributed by atoms with E-state index >= 15 is 0 Å². The molecule has 1 unspecified atom stereocenters. The van der Waals surface area contributed by atoms with Gasteiger partial charge < -0.3 is 9.47 Å². The zero-order valence-corrected chi connectivity index (χ0v) is 20.7. The van der Waals surface area contributed by atoms with Gasteiger partial charge in [0.2, 0.25) is 0 Å². The third kappa shape index (κ3) is 20.2. The number of carbonyl (C=O) groups excluding carboxylic acids is 2. The van der Waals surface area contributed by atoms with Gasteiger partial charge in [-0.2, -0.15) is 0 Å². The van der Waals surface area contributed by atoms with Gasteiger partial charge in [0.15, 0.2) is 0 Å². The summed E-state index contributed by atoms with van der Waals surface area (Å²) in [5.41, 5.74) is 0. The maximum Gasteiger partial charge on any atom is 0.308 e. The van der Waals surface area contributed by atoms with Crippen LogP contribution in [0.1, 0.15) is 125 Å². The van der Waals surface area contributed by atoms with Crippen LogP contribution in [0.25, 0.3) is 0 Å². The standard InChI is InChI=1S/C26H50O4/c1-22(2)18-20-29-25(27)17-15-13-11-9-7-6-8-10-12-14-16-24(5)26(28)30-21-19-23(3)4/h22-24H,6-21H2,1-5H3. The van der Waals surface area contributed by atoms with Gasteiger partial charge in [0.1, 0.15) is 0 Å². The number of unbranched alkanes of at least 4 members (excludes halogenated alkanes) is 9. The van der Waals surface area contributed by atoms with E-state index in [1.54, 1.807) is 0 Å². The first-order chi connectivity index (χ1) is 14.3. The molecule has 30 heavy (non-hydrogen) atoms. The van der Waals surface area contributed by atoms with Crippen molar-refractivity contribution < 1.29 is 19.1 Å². The zero-order valence-electron chi connectivity index (χ0n) is 20.7. The molecule has 0 radical (unpaired) electrons. The lowest BCUT2D eigenvalue weighted by molar-refractivity contribution is -0.148. The van der Waals surface area contributed by atoms with Crippen molar-refractivity contribution in [3.63, 3.8) is 0 Å². The molecule has 0 aromatic heterocycles. The summed E-state index contributed by atoms with van der Waals surface area (Å²) in [6.45, 7) is 11.7. The van der Waals surface area contributed by atoms with Gasteiger partial charge in [0, 0.05) is 6.42 Å². The summed E-state index contributed by atoms with van der Waals surface area (Å²) < 4.78 is 10.6. The van der Waals surface area contributed by atoms with Crippen LogP contribution in [0.15, 0.2) is 0 Å². The summed E-state index contributed by atoms with van der Waals surface area (Å²) in [6, 6.07) is 0. The first kappa shape index (κ1) is 28.9. The predicted octanol–water partition coefficient (Wildman–Crippen LogP) is 7.48. The smallest absolute Gasteiger partial charge is 0.308 e. The van der Waals surface area contributed by atoms with E-state index in [-0.39, 0.29) is 17.9 Å². The van der Waals surface area contributed by atoms with Crippen molar-refractivity contribution in [1.29, 1.82) is 0 Å². The average Bonchev–Trinajstić information content (AvgIpc) is 2.67. The van der Waals surface area contributed by atoms with Crippen LogP contribution in [0.4, 0.5) is 0 Å². The van der Waals surface area contributed by atoms with Gasteiger partial charge in [0.25, 0.3) is 0 Å². The Morgan fingerprint density at radius 3 is 1.50 bits per heavy atom. The third-order valence-corrected chi connectivity index (χ3v) is 5.57. The second-order valence-electron chi connectivity index (χ2n) is 9.73. The largest absolute Gasteiger partial charge is 0.466 e. The van der Waals surface area contributed by atoms with Gasteiger partial charge in [-0.05, 0) is 37.5 Å². The van der Waals surface area contributed by atoms with Crippen molar-refractivity contribution in [3.8, 4) is 0 Å². The second-order valence-corrected chi connectivity index (χ2v) is 9.73. The fourth-order valence-corrected chi connectivity index (χ4v) is 3.27. The highest BCUT2D eigenvalue weighted by molar-refractivity contribution is 5.71. The molecule has 0 amide bonds. The molecule has 0 aromatic rings. The van der Waals surface area contributed by atoms with Crippen LogP contribution in [-0.2, 0) is 19.1 Å². The Kier molecular flexibility index (Phi) is 19.2. The normalized spacial score (nSPS) is 12.4. The van der Waals surface area contributed by atoms with Crippen molar-refractivity contribution in [3.05, 3.63) is 0 Å². The molecule has 4 heteroatoms. The monoisotopic (exact) mass is 426 g/mol. The molecule has 178 valence electrons. The van der Waals surface area contributed by atoms with E-state index in [1.807, 2.05) is 6.92 Å². The van der Waals surface area contributed by atoms with Crippen LogP contribution < -0.4 is 0 Å². The first-order valence-corrected chi connectivity index (χ1v) is 12.6. The highest BCUT2D eigenvalue weighted by atomic mass is 16.5. The molecule has 0 N–H and O–H groups in total. The fourth-order valence-electron chi connectivity index (χ4n) is 3.27. The lowest BCUT2D eigenvalue weighted by atomic mass is 10.0. The van der Waals surface area contributed by atoms with Gasteiger partial charge in [-0.3, -0.25) is 9.59 Å². The Labute approximate surface area is 186 Å². The van der Waals surface area contributed by atoms with Crippen molar-refractivity contribution in [2.75, 3.05) is 13.2 Å². The molecule has 0 aliphatic carbocycles. The number of rotatable bonds is 20. The molecule has 0 rings (SSSR count). The van der Waals surface area contributed by atoms with Crippen molar-refractivity contribution in [2.24, 2.45) is 17.8 Å². The van der Waals surface area contributed by atoms with Gasteiger partial charge in [-0.25, -0.2) is 0 Å². The van der Waals surface area contributed by atoms with E-state index in [0.29, 0.717) is 31.5 Å². The summed E-state index contributed by atoms with van der Waals surface area (Å²) in [6.07, 6.45) is 15.5. The molecule has 0 aliphatic rings. The molecule has 1 atom stereocenters.